The number of benzene rings is 1. The maximum absolute atomic E-state index is 13.0. The summed E-state index contributed by atoms with van der Waals surface area (Å²) in [5.41, 5.74) is 2.46. The number of hydrogen-bond acceptors (Lipinski definition) is 4. The Morgan fingerprint density at radius 3 is 2.45 bits per heavy atom. The van der Waals surface area contributed by atoms with E-state index in [1.54, 1.807) is 4.68 Å². The first-order chi connectivity index (χ1) is 14.0. The second-order valence-corrected chi connectivity index (χ2v) is 7.86. The van der Waals surface area contributed by atoms with Gasteiger partial charge in [0.2, 0.25) is 5.91 Å². The van der Waals surface area contributed by atoms with Gasteiger partial charge in [-0.2, -0.15) is 10.2 Å². The molecule has 152 valence electrons. The first kappa shape index (κ1) is 19.4. The van der Waals surface area contributed by atoms with E-state index in [2.05, 4.69) is 15.5 Å². The molecular weight excluding hydrogens is 366 g/mol. The van der Waals surface area contributed by atoms with Crippen LogP contribution in [0.2, 0.25) is 0 Å². The fourth-order valence-electron chi connectivity index (χ4n) is 4.24. The molecule has 1 aliphatic carbocycles. The van der Waals surface area contributed by atoms with Gasteiger partial charge >= 0.3 is 0 Å². The number of fused-ring (bicyclic) bond motifs is 1. The first-order valence-corrected chi connectivity index (χ1v) is 10.4. The number of rotatable bonds is 4. The Morgan fingerprint density at radius 1 is 1.07 bits per heavy atom. The van der Waals surface area contributed by atoms with Crippen LogP contribution in [-0.4, -0.2) is 31.5 Å². The lowest BCUT2D eigenvalue weighted by Gasteiger charge is -2.16. The molecular formula is C22H27N5O2. The summed E-state index contributed by atoms with van der Waals surface area (Å²) in [4.78, 5) is 25.6. The standard InChI is InChI=1S/C22H27N5O2/c1-15-20-16(2)27(18-12-8-5-9-13-18)25-21(20)22(29)26(24-15)14-19(28)23-17-10-6-3-4-7-11-17/h5,8-9,12-13,17H,3-4,6-7,10-11,14H2,1-2H3,(H,23,28). The fourth-order valence-corrected chi connectivity index (χ4v) is 4.24. The topological polar surface area (TPSA) is 81.8 Å². The van der Waals surface area contributed by atoms with Crippen LogP contribution in [0, 0.1) is 13.8 Å². The van der Waals surface area contributed by atoms with E-state index in [1.807, 2.05) is 44.2 Å². The fraction of sp³-hybridized carbons (Fsp3) is 0.455. The van der Waals surface area contributed by atoms with E-state index in [1.165, 1.54) is 17.5 Å². The number of hydrogen-bond donors (Lipinski definition) is 1. The number of aryl methyl sites for hydroxylation is 2. The van der Waals surface area contributed by atoms with Gasteiger partial charge in [0.05, 0.1) is 22.5 Å². The smallest absolute Gasteiger partial charge is 0.295 e. The maximum Gasteiger partial charge on any atom is 0.295 e. The van der Waals surface area contributed by atoms with E-state index >= 15 is 0 Å². The number of carbonyl (C=O) groups is 1. The van der Waals surface area contributed by atoms with Gasteiger partial charge in [0.15, 0.2) is 5.52 Å². The Balaban J connectivity index is 1.63. The van der Waals surface area contributed by atoms with Gasteiger partial charge in [0.1, 0.15) is 6.54 Å². The Bertz CT molecular complexity index is 1080. The highest BCUT2D eigenvalue weighted by atomic mass is 16.2. The lowest BCUT2D eigenvalue weighted by molar-refractivity contribution is -0.122. The van der Waals surface area contributed by atoms with Crippen LogP contribution in [0.1, 0.15) is 49.9 Å². The quantitative estimate of drug-likeness (QED) is 0.691. The molecule has 1 saturated carbocycles. The van der Waals surface area contributed by atoms with Gasteiger partial charge in [0.25, 0.3) is 5.56 Å². The molecule has 1 aliphatic rings. The predicted octanol–water partition coefficient (Wildman–Crippen LogP) is 3.04. The highest BCUT2D eigenvalue weighted by Gasteiger charge is 2.20. The van der Waals surface area contributed by atoms with E-state index < -0.39 is 0 Å². The van der Waals surface area contributed by atoms with Crippen LogP contribution in [0.4, 0.5) is 0 Å². The van der Waals surface area contributed by atoms with E-state index in [-0.39, 0.29) is 24.1 Å². The molecule has 1 amide bonds. The maximum atomic E-state index is 13.0. The van der Waals surface area contributed by atoms with Crippen LogP contribution in [0.15, 0.2) is 35.1 Å². The van der Waals surface area contributed by atoms with E-state index in [0.717, 1.165) is 42.5 Å². The molecule has 0 unspecified atom stereocenters. The van der Waals surface area contributed by atoms with Crippen molar-refractivity contribution in [2.75, 3.05) is 0 Å². The summed E-state index contributed by atoms with van der Waals surface area (Å²) in [7, 11) is 0. The molecule has 0 aliphatic heterocycles. The van der Waals surface area contributed by atoms with Crippen molar-refractivity contribution in [3.8, 4) is 5.69 Å². The zero-order chi connectivity index (χ0) is 20.4. The van der Waals surface area contributed by atoms with Crippen LogP contribution >= 0.6 is 0 Å². The van der Waals surface area contributed by atoms with Gasteiger partial charge in [-0.3, -0.25) is 9.59 Å². The van der Waals surface area contributed by atoms with Gasteiger partial charge in [-0.25, -0.2) is 9.36 Å². The van der Waals surface area contributed by atoms with Crippen LogP contribution in [0.25, 0.3) is 16.6 Å². The molecule has 0 radical (unpaired) electrons. The van der Waals surface area contributed by atoms with Gasteiger partial charge in [-0.15, -0.1) is 0 Å². The van der Waals surface area contributed by atoms with Crippen molar-refractivity contribution in [1.82, 2.24) is 24.9 Å². The SMILES string of the molecule is Cc1nn(CC(=O)NC2CCCCCC2)c(=O)c2nn(-c3ccccc3)c(C)c12. The van der Waals surface area contributed by atoms with E-state index in [4.69, 9.17) is 0 Å². The summed E-state index contributed by atoms with van der Waals surface area (Å²) in [5.74, 6) is -0.163. The summed E-state index contributed by atoms with van der Waals surface area (Å²) >= 11 is 0. The van der Waals surface area contributed by atoms with Crippen molar-refractivity contribution in [3.05, 3.63) is 52.1 Å². The summed E-state index contributed by atoms with van der Waals surface area (Å²) in [6.45, 7) is 3.70. The molecule has 4 rings (SSSR count). The summed E-state index contributed by atoms with van der Waals surface area (Å²) in [5, 5.41) is 12.8. The second-order valence-electron chi connectivity index (χ2n) is 7.86. The molecule has 1 fully saturated rings. The van der Waals surface area contributed by atoms with Crippen LogP contribution in [-0.2, 0) is 11.3 Å². The number of amides is 1. The number of nitrogens with zero attached hydrogens (tertiary/aromatic N) is 4. The van der Waals surface area contributed by atoms with Crippen LogP contribution in [0.5, 0.6) is 0 Å². The highest BCUT2D eigenvalue weighted by Crippen LogP contribution is 2.21. The number of nitrogens with one attached hydrogen (secondary N) is 1. The van der Waals surface area contributed by atoms with E-state index in [0.29, 0.717) is 11.2 Å². The molecule has 2 aromatic heterocycles. The van der Waals surface area contributed by atoms with Crippen molar-refractivity contribution in [1.29, 1.82) is 0 Å². The zero-order valence-corrected chi connectivity index (χ0v) is 17.0. The number of para-hydroxylation sites is 1. The molecule has 0 atom stereocenters. The van der Waals surface area contributed by atoms with Crippen molar-refractivity contribution < 1.29 is 4.79 Å². The largest absolute Gasteiger partial charge is 0.352 e. The molecule has 0 bridgehead atoms. The predicted molar refractivity (Wildman–Crippen MR) is 112 cm³/mol. The van der Waals surface area contributed by atoms with Gasteiger partial charge in [0, 0.05) is 6.04 Å². The third-order valence-electron chi connectivity index (χ3n) is 5.70. The average Bonchev–Trinajstić information content (AvgIpc) is 2.87. The Kier molecular flexibility index (Phi) is 5.47. The van der Waals surface area contributed by atoms with Crippen molar-refractivity contribution in [3.63, 3.8) is 0 Å². The average molecular weight is 393 g/mol. The molecule has 3 aromatic rings. The van der Waals surface area contributed by atoms with Crippen LogP contribution < -0.4 is 10.9 Å². The Morgan fingerprint density at radius 2 is 1.76 bits per heavy atom. The minimum atomic E-state index is -0.334. The Labute approximate surface area is 169 Å². The molecule has 7 nitrogen and oxygen atoms in total. The number of carbonyl (C=O) groups excluding carboxylic acids is 1. The molecule has 2 heterocycles. The van der Waals surface area contributed by atoms with Crippen molar-refractivity contribution in [2.24, 2.45) is 0 Å². The van der Waals surface area contributed by atoms with Crippen molar-refractivity contribution in [2.45, 2.75) is 65.0 Å². The monoisotopic (exact) mass is 393 g/mol. The van der Waals surface area contributed by atoms with Crippen molar-refractivity contribution >= 4 is 16.8 Å². The third kappa shape index (κ3) is 3.95. The molecule has 0 saturated heterocycles. The lowest BCUT2D eigenvalue weighted by Crippen LogP contribution is -2.39. The Hall–Kier alpha value is -2.96. The highest BCUT2D eigenvalue weighted by molar-refractivity contribution is 5.83. The van der Waals surface area contributed by atoms with Gasteiger partial charge < -0.3 is 5.32 Å². The third-order valence-corrected chi connectivity index (χ3v) is 5.70. The summed E-state index contributed by atoms with van der Waals surface area (Å²) in [6, 6.07) is 9.89. The van der Waals surface area contributed by atoms with Gasteiger partial charge in [-0.1, -0.05) is 43.9 Å². The molecule has 1 N–H and O–H groups in total. The molecule has 0 spiro atoms. The lowest BCUT2D eigenvalue weighted by atomic mass is 10.1. The zero-order valence-electron chi connectivity index (χ0n) is 17.0. The second kappa shape index (κ2) is 8.19. The summed E-state index contributed by atoms with van der Waals surface area (Å²) in [6.07, 6.45) is 6.76. The molecule has 29 heavy (non-hydrogen) atoms. The van der Waals surface area contributed by atoms with Crippen LogP contribution in [0.3, 0.4) is 0 Å². The summed E-state index contributed by atoms with van der Waals surface area (Å²) < 4.78 is 3.00. The van der Waals surface area contributed by atoms with E-state index in [9.17, 15) is 9.59 Å². The first-order valence-electron chi connectivity index (χ1n) is 10.4. The normalized spacial score (nSPS) is 15.4. The number of aromatic nitrogens is 4. The molecule has 7 heteroatoms. The molecule has 1 aromatic carbocycles. The minimum absolute atomic E-state index is 0.0800. The minimum Gasteiger partial charge on any atom is -0.352 e. The van der Waals surface area contributed by atoms with Gasteiger partial charge in [-0.05, 0) is 38.8 Å².